The van der Waals surface area contributed by atoms with E-state index in [0.29, 0.717) is 0 Å². The first-order chi connectivity index (χ1) is 7.18. The standard InChI is InChI=1S/C10H10N2OS2/c1-7-3-5-14-8(7)9(13)11-10-12(2)4-6-15-10/h3-6H,1-2H3. The zero-order valence-electron chi connectivity index (χ0n) is 8.43. The summed E-state index contributed by atoms with van der Waals surface area (Å²) in [6.07, 6.45) is 1.89. The number of rotatable bonds is 1. The highest BCUT2D eigenvalue weighted by molar-refractivity contribution is 7.12. The first-order valence-electron chi connectivity index (χ1n) is 4.42. The van der Waals surface area contributed by atoms with Gasteiger partial charge in [0.05, 0.1) is 4.88 Å². The molecule has 0 aliphatic rings. The maximum atomic E-state index is 11.8. The molecule has 0 spiro atoms. The average molecular weight is 238 g/mol. The van der Waals surface area contributed by atoms with Crippen molar-refractivity contribution in [3.05, 3.63) is 38.3 Å². The van der Waals surface area contributed by atoms with Crippen LogP contribution in [0.3, 0.4) is 0 Å². The van der Waals surface area contributed by atoms with Crippen molar-refractivity contribution in [3.63, 3.8) is 0 Å². The molecule has 0 N–H and O–H groups in total. The van der Waals surface area contributed by atoms with Gasteiger partial charge in [0, 0.05) is 18.6 Å². The number of carbonyl (C=O) groups is 1. The second-order valence-corrected chi connectivity index (χ2v) is 4.94. The third-order valence-electron chi connectivity index (χ3n) is 2.01. The maximum Gasteiger partial charge on any atom is 0.289 e. The predicted molar refractivity (Wildman–Crippen MR) is 62.2 cm³/mol. The summed E-state index contributed by atoms with van der Waals surface area (Å²) in [5.41, 5.74) is 0.993. The van der Waals surface area contributed by atoms with Gasteiger partial charge in [0.2, 0.25) is 0 Å². The fourth-order valence-electron chi connectivity index (χ4n) is 1.16. The molecule has 0 aliphatic carbocycles. The minimum atomic E-state index is -0.152. The largest absolute Gasteiger partial charge is 0.327 e. The molecule has 0 unspecified atom stereocenters. The van der Waals surface area contributed by atoms with E-state index in [2.05, 4.69) is 4.99 Å². The number of hydrogen-bond donors (Lipinski definition) is 0. The normalized spacial score (nSPS) is 12.0. The maximum absolute atomic E-state index is 11.8. The molecular weight excluding hydrogens is 228 g/mol. The SMILES string of the molecule is Cc1ccsc1C(=O)N=c1sccn1C. The summed E-state index contributed by atoms with van der Waals surface area (Å²) in [5.74, 6) is -0.152. The lowest BCUT2D eigenvalue weighted by Crippen LogP contribution is -2.12. The predicted octanol–water partition coefficient (Wildman–Crippen LogP) is 2.20. The highest BCUT2D eigenvalue weighted by Crippen LogP contribution is 2.16. The van der Waals surface area contributed by atoms with E-state index >= 15 is 0 Å². The molecule has 0 radical (unpaired) electrons. The van der Waals surface area contributed by atoms with Gasteiger partial charge in [-0.2, -0.15) is 4.99 Å². The van der Waals surface area contributed by atoms with Gasteiger partial charge >= 0.3 is 0 Å². The number of nitrogens with zero attached hydrogens (tertiary/aromatic N) is 2. The van der Waals surface area contributed by atoms with E-state index in [4.69, 9.17) is 0 Å². The molecule has 0 fully saturated rings. The lowest BCUT2D eigenvalue weighted by molar-refractivity contribution is 0.100. The topological polar surface area (TPSA) is 34.4 Å². The van der Waals surface area contributed by atoms with Gasteiger partial charge in [-0.25, -0.2) is 0 Å². The van der Waals surface area contributed by atoms with Gasteiger partial charge in [-0.05, 0) is 23.9 Å². The number of amides is 1. The summed E-state index contributed by atoms with van der Waals surface area (Å²) < 4.78 is 1.84. The van der Waals surface area contributed by atoms with Crippen molar-refractivity contribution in [1.82, 2.24) is 4.57 Å². The fraction of sp³-hybridized carbons (Fsp3) is 0.200. The van der Waals surface area contributed by atoms with E-state index in [9.17, 15) is 4.79 Å². The smallest absolute Gasteiger partial charge is 0.289 e. The molecule has 15 heavy (non-hydrogen) atoms. The number of aryl methyl sites for hydroxylation is 2. The van der Waals surface area contributed by atoms with Gasteiger partial charge in [-0.15, -0.1) is 22.7 Å². The van der Waals surface area contributed by atoms with E-state index in [-0.39, 0.29) is 5.91 Å². The van der Waals surface area contributed by atoms with Gasteiger partial charge in [0.15, 0.2) is 4.80 Å². The minimum absolute atomic E-state index is 0.152. The van der Waals surface area contributed by atoms with Gasteiger partial charge in [-0.1, -0.05) is 0 Å². The van der Waals surface area contributed by atoms with Crippen LogP contribution in [0.4, 0.5) is 0 Å². The molecule has 3 nitrogen and oxygen atoms in total. The minimum Gasteiger partial charge on any atom is -0.327 e. The van der Waals surface area contributed by atoms with Crippen LogP contribution in [0.25, 0.3) is 0 Å². The van der Waals surface area contributed by atoms with E-state index in [0.717, 1.165) is 15.2 Å². The van der Waals surface area contributed by atoms with Crippen LogP contribution < -0.4 is 4.80 Å². The summed E-state index contributed by atoms with van der Waals surface area (Å²) >= 11 is 2.90. The van der Waals surface area contributed by atoms with Crippen LogP contribution in [0.5, 0.6) is 0 Å². The quantitative estimate of drug-likeness (QED) is 0.750. The Morgan fingerprint density at radius 2 is 2.20 bits per heavy atom. The fourth-order valence-corrected chi connectivity index (χ4v) is 2.70. The van der Waals surface area contributed by atoms with Crippen molar-refractivity contribution in [3.8, 4) is 0 Å². The van der Waals surface area contributed by atoms with Crippen LogP contribution in [0.1, 0.15) is 15.2 Å². The summed E-state index contributed by atoms with van der Waals surface area (Å²) in [4.78, 5) is 17.3. The van der Waals surface area contributed by atoms with Gasteiger partial charge in [-0.3, -0.25) is 4.79 Å². The molecule has 0 saturated heterocycles. The molecule has 0 aliphatic heterocycles. The molecule has 1 amide bonds. The average Bonchev–Trinajstić information content (AvgIpc) is 2.76. The van der Waals surface area contributed by atoms with Crippen LogP contribution in [0.15, 0.2) is 28.0 Å². The second-order valence-electron chi connectivity index (χ2n) is 3.15. The summed E-state index contributed by atoms with van der Waals surface area (Å²) in [6.45, 7) is 1.92. The van der Waals surface area contributed by atoms with Gasteiger partial charge in [0.1, 0.15) is 0 Å². The Morgan fingerprint density at radius 3 is 2.73 bits per heavy atom. The molecule has 2 rings (SSSR count). The van der Waals surface area contributed by atoms with E-state index in [1.807, 2.05) is 41.6 Å². The number of hydrogen-bond acceptors (Lipinski definition) is 3. The van der Waals surface area contributed by atoms with Crippen molar-refractivity contribution >= 4 is 28.6 Å². The molecule has 0 saturated carbocycles. The van der Waals surface area contributed by atoms with Crippen LogP contribution in [0, 0.1) is 6.92 Å². The lowest BCUT2D eigenvalue weighted by Gasteiger charge is -1.92. The summed E-state index contributed by atoms with van der Waals surface area (Å²) in [6, 6.07) is 1.93. The van der Waals surface area contributed by atoms with Crippen LogP contribution >= 0.6 is 22.7 Å². The molecule has 2 aromatic heterocycles. The lowest BCUT2D eigenvalue weighted by atomic mass is 10.3. The third-order valence-corrected chi connectivity index (χ3v) is 3.87. The molecule has 2 aromatic rings. The van der Waals surface area contributed by atoms with Crippen molar-refractivity contribution < 1.29 is 4.79 Å². The zero-order valence-corrected chi connectivity index (χ0v) is 10.1. The Hall–Kier alpha value is -1.20. The van der Waals surface area contributed by atoms with E-state index in [1.165, 1.54) is 22.7 Å². The summed E-state index contributed by atoms with van der Waals surface area (Å²) in [5, 5.41) is 3.82. The molecule has 0 bridgehead atoms. The Bertz CT molecular complexity index is 548. The highest BCUT2D eigenvalue weighted by atomic mass is 32.1. The molecule has 0 aromatic carbocycles. The number of aromatic nitrogens is 1. The first kappa shape index (κ1) is 10.3. The number of thiazole rings is 1. The Balaban J connectivity index is 2.40. The van der Waals surface area contributed by atoms with Gasteiger partial charge in [0.25, 0.3) is 5.91 Å². The van der Waals surface area contributed by atoms with E-state index in [1.54, 1.807) is 0 Å². The molecular formula is C10H10N2OS2. The Kier molecular flexibility index (Phi) is 2.83. The Morgan fingerprint density at radius 1 is 1.40 bits per heavy atom. The van der Waals surface area contributed by atoms with Crippen LogP contribution in [-0.4, -0.2) is 10.5 Å². The van der Waals surface area contributed by atoms with Crippen molar-refractivity contribution in [2.45, 2.75) is 6.92 Å². The highest BCUT2D eigenvalue weighted by Gasteiger charge is 2.08. The molecule has 0 atom stereocenters. The Labute approximate surface area is 95.4 Å². The first-order valence-corrected chi connectivity index (χ1v) is 6.17. The summed E-state index contributed by atoms with van der Waals surface area (Å²) in [7, 11) is 1.88. The zero-order chi connectivity index (χ0) is 10.8. The number of carbonyl (C=O) groups excluding carboxylic acids is 1. The van der Waals surface area contributed by atoms with Crippen molar-refractivity contribution in [2.24, 2.45) is 12.0 Å². The molecule has 78 valence electrons. The second kappa shape index (κ2) is 4.12. The monoisotopic (exact) mass is 238 g/mol. The number of thiophene rings is 1. The van der Waals surface area contributed by atoms with Gasteiger partial charge < -0.3 is 4.57 Å². The van der Waals surface area contributed by atoms with Crippen molar-refractivity contribution in [1.29, 1.82) is 0 Å². The van der Waals surface area contributed by atoms with E-state index < -0.39 is 0 Å². The third kappa shape index (κ3) is 2.08. The van der Waals surface area contributed by atoms with Crippen LogP contribution in [-0.2, 0) is 7.05 Å². The van der Waals surface area contributed by atoms with Crippen LogP contribution in [0.2, 0.25) is 0 Å². The molecule has 2 heterocycles. The van der Waals surface area contributed by atoms with Crippen molar-refractivity contribution in [2.75, 3.05) is 0 Å². The molecule has 5 heteroatoms.